The normalized spacial score (nSPS) is 13.7. The van der Waals surface area contributed by atoms with Crippen molar-refractivity contribution in [2.45, 2.75) is 182 Å². The number of imidazole rings is 5. The van der Waals surface area contributed by atoms with Crippen molar-refractivity contribution in [3.8, 4) is 158 Å². The molecule has 0 unspecified atom stereocenters. The molecule has 10 aromatic carbocycles. The SMILES string of the molecule is CC(C)Oc1ccc(-c2ccc3ncc(-c4ccc(C5CC5)cc4)n3c2)cc1.CC(C)Oc1ccc(-c2ccc3ncc(-c4ccc(OC(C)(C)C)cc4)n3c2)cc1.CC(C)Oc1ccc(-c2ccc3ncc(-c4ccc(OC5CC5)cc4)n3c2)cc1.CC(C)Oc1ccc(-c2ccc3ncc(-c4ccc(OCC5CC5)cc4)n3c2)cc1.CC(C)Oc1ccc(-c2cnc3ccc(-c4ccc(C5(O)CNC5)cc4)cn23)cc1. The van der Waals surface area contributed by atoms with Crippen LogP contribution in [0.15, 0.2) is 365 Å². The summed E-state index contributed by atoms with van der Waals surface area (Å²) in [5.74, 6) is 8.71. The predicted molar refractivity (Wildman–Crippen MR) is 590 cm³/mol. The van der Waals surface area contributed by atoms with Crippen LogP contribution in [0.4, 0.5) is 0 Å². The van der Waals surface area contributed by atoms with Gasteiger partial charge in [-0.1, -0.05) is 97.1 Å². The van der Waals surface area contributed by atoms with E-state index in [-0.39, 0.29) is 36.1 Å². The first kappa shape index (κ1) is 98.4. The molecule has 0 bridgehead atoms. The molecular weight excluding hydrogens is 1820 g/mol. The molecule has 3 aliphatic carbocycles. The molecular formula is C127H127N11O9. The van der Waals surface area contributed by atoms with Crippen LogP contribution in [0.5, 0.6) is 46.0 Å². The molecule has 11 heterocycles. The van der Waals surface area contributed by atoms with E-state index in [4.69, 9.17) is 37.9 Å². The highest BCUT2D eigenvalue weighted by molar-refractivity contribution is 5.77. The van der Waals surface area contributed by atoms with Crippen LogP contribution in [0.1, 0.15) is 146 Å². The first-order valence-electron chi connectivity index (χ1n) is 51.4. The molecule has 3 saturated carbocycles. The average molecular weight is 1950 g/mol. The summed E-state index contributed by atoms with van der Waals surface area (Å²) >= 11 is 0. The molecule has 20 aromatic rings. The van der Waals surface area contributed by atoms with Gasteiger partial charge in [0.05, 0.1) is 103 Å². The van der Waals surface area contributed by atoms with E-state index in [9.17, 15) is 5.11 Å². The van der Waals surface area contributed by atoms with E-state index in [0.29, 0.717) is 19.2 Å². The molecule has 4 aliphatic rings. The van der Waals surface area contributed by atoms with Crippen molar-refractivity contribution < 1.29 is 43.0 Å². The second-order valence-corrected chi connectivity index (χ2v) is 40.9. The second kappa shape index (κ2) is 43.5. The lowest BCUT2D eigenvalue weighted by Crippen LogP contribution is -2.56. The number of pyridine rings is 5. The summed E-state index contributed by atoms with van der Waals surface area (Å²) in [6.07, 6.45) is 29.2. The van der Waals surface area contributed by atoms with Gasteiger partial charge in [-0.25, -0.2) is 24.9 Å². The van der Waals surface area contributed by atoms with Crippen molar-refractivity contribution in [1.82, 2.24) is 52.2 Å². The van der Waals surface area contributed by atoms with Gasteiger partial charge < -0.3 is 48.3 Å². The van der Waals surface area contributed by atoms with Crippen molar-refractivity contribution in [1.29, 1.82) is 0 Å². The summed E-state index contributed by atoms with van der Waals surface area (Å²) in [6, 6.07) is 104. The highest BCUT2D eigenvalue weighted by Crippen LogP contribution is 2.43. The number of hydrogen-bond donors (Lipinski definition) is 2. The van der Waals surface area contributed by atoms with E-state index in [2.05, 4.69) is 304 Å². The Kier molecular flexibility index (Phi) is 29.1. The number of benzene rings is 10. The van der Waals surface area contributed by atoms with Gasteiger partial charge >= 0.3 is 0 Å². The molecule has 20 nitrogen and oxygen atoms in total. The summed E-state index contributed by atoms with van der Waals surface area (Å²) in [7, 11) is 0. The number of hydrogen-bond acceptors (Lipinski definition) is 15. The molecule has 20 heteroatoms. The third-order valence-corrected chi connectivity index (χ3v) is 26.0. The lowest BCUT2D eigenvalue weighted by Gasteiger charge is -2.38. The first-order chi connectivity index (χ1) is 71.3. The van der Waals surface area contributed by atoms with Crippen molar-refractivity contribution in [2.75, 3.05) is 19.7 Å². The molecule has 1 saturated heterocycles. The van der Waals surface area contributed by atoms with Crippen LogP contribution in [0.25, 0.3) is 140 Å². The molecule has 744 valence electrons. The van der Waals surface area contributed by atoms with Gasteiger partial charge in [-0.15, -0.1) is 0 Å². The molecule has 1 aliphatic heterocycles. The van der Waals surface area contributed by atoms with Crippen LogP contribution in [0, 0.1) is 5.92 Å². The van der Waals surface area contributed by atoms with E-state index < -0.39 is 5.60 Å². The number of rotatable bonds is 28. The highest BCUT2D eigenvalue weighted by Gasteiger charge is 2.36. The van der Waals surface area contributed by atoms with Crippen molar-refractivity contribution in [3.63, 3.8) is 0 Å². The number of nitrogens with one attached hydrogen (secondary N) is 1. The van der Waals surface area contributed by atoms with E-state index in [1.807, 2.05) is 203 Å². The Labute approximate surface area is 860 Å². The highest BCUT2D eigenvalue weighted by atomic mass is 16.5. The summed E-state index contributed by atoms with van der Waals surface area (Å²) in [4.78, 5) is 22.9. The van der Waals surface area contributed by atoms with Crippen molar-refractivity contribution >= 4 is 28.2 Å². The molecule has 24 rings (SSSR count). The summed E-state index contributed by atoms with van der Waals surface area (Å²) in [5, 5.41) is 13.6. The summed E-state index contributed by atoms with van der Waals surface area (Å²) in [6.45, 7) is 28.5. The fourth-order valence-electron chi connectivity index (χ4n) is 18.0. The molecule has 4 fully saturated rings. The minimum atomic E-state index is -0.731. The van der Waals surface area contributed by atoms with Crippen molar-refractivity contribution in [2.24, 2.45) is 5.92 Å². The molecule has 0 amide bonds. The maximum atomic E-state index is 10.5. The zero-order valence-electron chi connectivity index (χ0n) is 85.8. The van der Waals surface area contributed by atoms with Crippen LogP contribution in [-0.2, 0) is 5.60 Å². The average Bonchev–Trinajstić information content (AvgIpc) is 1.74. The van der Waals surface area contributed by atoms with Gasteiger partial charge in [0.25, 0.3) is 0 Å². The zero-order chi connectivity index (χ0) is 101. The van der Waals surface area contributed by atoms with Crippen LogP contribution in [0.2, 0.25) is 0 Å². The van der Waals surface area contributed by atoms with Gasteiger partial charge in [-0.2, -0.15) is 0 Å². The van der Waals surface area contributed by atoms with E-state index in [1.54, 1.807) is 0 Å². The topological polar surface area (TPSA) is 193 Å². The van der Waals surface area contributed by atoms with E-state index >= 15 is 0 Å². The number of nitrogens with zero attached hydrogens (tertiary/aromatic N) is 10. The molecule has 0 radical (unpaired) electrons. The summed E-state index contributed by atoms with van der Waals surface area (Å²) in [5.41, 5.74) is 28.5. The van der Waals surface area contributed by atoms with Gasteiger partial charge in [0.15, 0.2) is 0 Å². The van der Waals surface area contributed by atoms with E-state index in [1.165, 1.54) is 55.2 Å². The molecule has 0 atom stereocenters. The maximum Gasteiger partial charge on any atom is 0.137 e. The Morgan fingerprint density at radius 2 is 0.531 bits per heavy atom. The second-order valence-electron chi connectivity index (χ2n) is 40.9. The predicted octanol–water partition coefficient (Wildman–Crippen LogP) is 29.5. The van der Waals surface area contributed by atoms with Crippen LogP contribution >= 0.6 is 0 Å². The van der Waals surface area contributed by atoms with Gasteiger partial charge in [0, 0.05) is 71.9 Å². The first-order valence-corrected chi connectivity index (χ1v) is 51.4. The van der Waals surface area contributed by atoms with Gasteiger partial charge in [0.1, 0.15) is 85.4 Å². The fourth-order valence-corrected chi connectivity index (χ4v) is 18.0. The molecule has 10 aromatic heterocycles. The number of fused-ring (bicyclic) bond motifs is 5. The quantitative estimate of drug-likeness (QED) is 0.0470. The largest absolute Gasteiger partial charge is 0.493 e. The summed E-state index contributed by atoms with van der Waals surface area (Å²) < 4.78 is 57.2. The fraction of sp³-hybridized carbons (Fsp3) is 0.252. The molecule has 2 N–H and O–H groups in total. The Morgan fingerprint density at radius 1 is 0.286 bits per heavy atom. The van der Waals surface area contributed by atoms with Gasteiger partial charge in [-0.3, -0.25) is 22.0 Å². The number of ether oxygens (including phenoxy) is 8. The Morgan fingerprint density at radius 3 is 0.776 bits per heavy atom. The Bertz CT molecular complexity index is 7840. The minimum absolute atomic E-state index is 0.155. The molecule has 0 spiro atoms. The minimum Gasteiger partial charge on any atom is -0.493 e. The monoisotopic (exact) mass is 1950 g/mol. The lowest BCUT2D eigenvalue weighted by atomic mass is 9.87. The van der Waals surface area contributed by atoms with Gasteiger partial charge in [-0.05, 0) is 413 Å². The number of aromatic nitrogens is 10. The Hall–Kier alpha value is -16.0. The third kappa shape index (κ3) is 24.5. The lowest BCUT2D eigenvalue weighted by molar-refractivity contribution is -0.0146. The van der Waals surface area contributed by atoms with E-state index in [0.717, 1.165) is 199 Å². The molecule has 147 heavy (non-hydrogen) atoms. The van der Waals surface area contributed by atoms with Crippen LogP contribution in [-0.4, -0.2) is 114 Å². The maximum absolute atomic E-state index is 10.5. The third-order valence-electron chi connectivity index (χ3n) is 26.0. The van der Waals surface area contributed by atoms with Crippen LogP contribution in [0.3, 0.4) is 0 Å². The van der Waals surface area contributed by atoms with Crippen molar-refractivity contribution in [3.05, 3.63) is 376 Å². The standard InChI is InChI=1S/C26H26N2O2.C26H28N2O2.C25H25N3O2.C25H24N2O2.C25H24N2O/c1-18(2)30-24-12-5-20(6-13-24)22-9-14-26-27-15-25(28(26)16-22)21-7-10-23(11-8-21)29-17-19-3-4-19;1-18(2)29-22-11-6-19(7-12-22)21-10-15-25-27-16-24(28(25)17-21)20-8-13-23(14-9-20)30-26(3,4)5;1-17(2)30-22-10-5-19(6-11-22)23-13-27-24-12-7-20(14-28(23)24)18-3-8-21(9-4-18)25(29)15-26-16-25;1-17(2)28-21-8-3-18(4-9-21)20-7-14-25-26-15-24(27(25)16-20)19-5-10-22(11-6-19)29-23-12-13-23;1-17(2)28-23-12-9-20(10-13-23)22-11-14-25-26-15-24(27(25)16-22)21-7-5-19(6-8-21)18-3-4-18/h5-16,18-19H,3-4,17H2,1-2H3;6-18H,1-5H3;3-14,17,26,29H,15-16H2,1-2H3;3-11,14-17,23H,12-13H2,1-2H3;5-18H,3-4H2,1-2H3. The number of β-amino-alcohol motifs (C(OH)–C–C–N with tert-alkyl or cyclic N) is 1. The smallest absolute Gasteiger partial charge is 0.137 e. The number of aliphatic hydroxyl groups is 1. The van der Waals surface area contributed by atoms with Crippen LogP contribution < -0.4 is 43.2 Å². The Balaban J connectivity index is 0.000000112. The zero-order valence-corrected chi connectivity index (χ0v) is 85.8. The van der Waals surface area contributed by atoms with Gasteiger partial charge in [0.2, 0.25) is 0 Å².